The van der Waals surface area contributed by atoms with E-state index < -0.39 is 0 Å². The predicted octanol–water partition coefficient (Wildman–Crippen LogP) is 1.50. The summed E-state index contributed by atoms with van der Waals surface area (Å²) in [6.45, 7) is 0. The number of hydrogen-bond donors (Lipinski definition) is 1. The Kier molecular flexibility index (Phi) is 2.20. The van der Waals surface area contributed by atoms with Crippen LogP contribution in [0.4, 0.5) is 0 Å². The van der Waals surface area contributed by atoms with Crippen molar-refractivity contribution < 1.29 is 9.84 Å². The summed E-state index contributed by atoms with van der Waals surface area (Å²) in [4.78, 5) is 11.5. The molecule has 0 amide bonds. The minimum absolute atomic E-state index is 0.297. The van der Waals surface area contributed by atoms with Crippen molar-refractivity contribution in [3.63, 3.8) is 0 Å². The number of aromatic nitrogens is 3. The molecule has 2 aromatic rings. The van der Waals surface area contributed by atoms with Gasteiger partial charge in [0.1, 0.15) is 0 Å². The molecule has 0 saturated carbocycles. The molecule has 0 atom stereocenters. The fraction of sp³-hybridized carbons (Fsp3) is 0.125. The van der Waals surface area contributed by atoms with Crippen molar-refractivity contribution in [1.29, 1.82) is 0 Å². The van der Waals surface area contributed by atoms with Crippen LogP contribution in [-0.2, 0) is 0 Å². The average molecular weight is 256 g/mol. The van der Waals surface area contributed by atoms with Crippen LogP contribution in [0.25, 0.3) is 11.0 Å². The Morgan fingerprint density at radius 2 is 2.21 bits per heavy atom. The summed E-state index contributed by atoms with van der Waals surface area (Å²) < 4.78 is 5.72. The first-order chi connectivity index (χ1) is 6.70. The smallest absolute Gasteiger partial charge is 0.315 e. The molecule has 0 radical (unpaired) electrons. The lowest BCUT2D eigenvalue weighted by atomic mass is 10.3. The van der Waals surface area contributed by atoms with Gasteiger partial charge in [-0.3, -0.25) is 0 Å². The van der Waals surface area contributed by atoms with Crippen molar-refractivity contribution in [1.82, 2.24) is 15.0 Å². The molecule has 6 heteroatoms. The number of methoxy groups -OCH3 is 1. The summed E-state index contributed by atoms with van der Waals surface area (Å²) >= 11 is 3.29. The maximum atomic E-state index is 9.05. The first-order valence-electron chi connectivity index (χ1n) is 3.77. The Morgan fingerprint density at radius 1 is 1.43 bits per heavy atom. The Labute approximate surface area is 87.9 Å². The van der Waals surface area contributed by atoms with E-state index in [1.54, 1.807) is 6.07 Å². The highest BCUT2D eigenvalue weighted by Gasteiger charge is 2.06. The SMILES string of the molecule is COc1nc2nc(O)ncc2cc1Br. The summed E-state index contributed by atoms with van der Waals surface area (Å²) in [7, 11) is 1.51. The van der Waals surface area contributed by atoms with Gasteiger partial charge in [-0.05, 0) is 22.0 Å². The van der Waals surface area contributed by atoms with Gasteiger partial charge in [0.2, 0.25) is 5.88 Å². The molecule has 72 valence electrons. The minimum atomic E-state index is -0.297. The summed E-state index contributed by atoms with van der Waals surface area (Å²) in [5.41, 5.74) is 0.401. The van der Waals surface area contributed by atoms with E-state index in [4.69, 9.17) is 9.84 Å². The number of halogens is 1. The van der Waals surface area contributed by atoms with Crippen LogP contribution in [0.5, 0.6) is 11.9 Å². The highest BCUT2D eigenvalue weighted by atomic mass is 79.9. The first kappa shape index (κ1) is 9.14. The molecule has 2 aromatic heterocycles. The van der Waals surface area contributed by atoms with Gasteiger partial charge >= 0.3 is 6.01 Å². The zero-order valence-corrected chi connectivity index (χ0v) is 8.82. The molecule has 0 aromatic carbocycles. The molecule has 0 unspecified atom stereocenters. The molecule has 2 rings (SSSR count). The third kappa shape index (κ3) is 1.48. The average Bonchev–Trinajstić information content (AvgIpc) is 2.17. The maximum Gasteiger partial charge on any atom is 0.315 e. The number of pyridine rings is 1. The summed E-state index contributed by atoms with van der Waals surface area (Å²) in [5, 5.41) is 9.78. The van der Waals surface area contributed by atoms with Crippen molar-refractivity contribution in [2.45, 2.75) is 0 Å². The van der Waals surface area contributed by atoms with Gasteiger partial charge in [0.05, 0.1) is 11.6 Å². The molecule has 0 saturated heterocycles. The molecular formula is C8H6BrN3O2. The van der Waals surface area contributed by atoms with E-state index >= 15 is 0 Å². The summed E-state index contributed by atoms with van der Waals surface area (Å²) in [6.07, 6.45) is 1.49. The lowest BCUT2D eigenvalue weighted by Gasteiger charge is -2.03. The van der Waals surface area contributed by atoms with Gasteiger partial charge in [0.15, 0.2) is 5.65 Å². The Morgan fingerprint density at radius 3 is 2.93 bits per heavy atom. The van der Waals surface area contributed by atoms with Gasteiger partial charge in [-0.15, -0.1) is 0 Å². The van der Waals surface area contributed by atoms with E-state index in [0.717, 1.165) is 9.86 Å². The monoisotopic (exact) mass is 255 g/mol. The summed E-state index contributed by atoms with van der Waals surface area (Å²) in [5.74, 6) is 0.426. The van der Waals surface area contributed by atoms with E-state index in [2.05, 4.69) is 30.9 Å². The third-order valence-electron chi connectivity index (χ3n) is 1.67. The lowest BCUT2D eigenvalue weighted by molar-refractivity contribution is 0.396. The highest BCUT2D eigenvalue weighted by Crippen LogP contribution is 2.25. The van der Waals surface area contributed by atoms with E-state index in [-0.39, 0.29) is 6.01 Å². The quantitative estimate of drug-likeness (QED) is 0.837. The fourth-order valence-electron chi connectivity index (χ4n) is 1.06. The van der Waals surface area contributed by atoms with E-state index in [1.165, 1.54) is 13.3 Å². The topological polar surface area (TPSA) is 68.1 Å². The molecule has 0 aliphatic carbocycles. The Hall–Kier alpha value is -1.43. The second kappa shape index (κ2) is 3.38. The number of aromatic hydroxyl groups is 1. The van der Waals surface area contributed by atoms with Crippen molar-refractivity contribution in [3.05, 3.63) is 16.7 Å². The number of ether oxygens (including phenoxy) is 1. The zero-order valence-electron chi connectivity index (χ0n) is 7.23. The van der Waals surface area contributed by atoms with Crippen LogP contribution < -0.4 is 4.74 Å². The molecule has 0 fully saturated rings. The second-order valence-electron chi connectivity index (χ2n) is 2.56. The van der Waals surface area contributed by atoms with Crippen molar-refractivity contribution in [2.24, 2.45) is 0 Å². The van der Waals surface area contributed by atoms with Crippen LogP contribution in [-0.4, -0.2) is 27.2 Å². The van der Waals surface area contributed by atoms with Gasteiger partial charge in [0, 0.05) is 11.6 Å². The Bertz CT molecular complexity index is 489. The van der Waals surface area contributed by atoms with Gasteiger partial charge in [-0.1, -0.05) is 0 Å². The van der Waals surface area contributed by atoms with Crippen LogP contribution in [0.15, 0.2) is 16.7 Å². The van der Waals surface area contributed by atoms with Crippen LogP contribution in [0.3, 0.4) is 0 Å². The Balaban J connectivity index is 2.73. The molecule has 0 spiro atoms. The molecule has 5 nitrogen and oxygen atoms in total. The van der Waals surface area contributed by atoms with Gasteiger partial charge in [-0.2, -0.15) is 9.97 Å². The van der Waals surface area contributed by atoms with E-state index in [0.29, 0.717) is 11.5 Å². The largest absolute Gasteiger partial charge is 0.480 e. The number of nitrogens with zero attached hydrogens (tertiary/aromatic N) is 3. The normalized spacial score (nSPS) is 10.4. The fourth-order valence-corrected chi connectivity index (χ4v) is 1.55. The van der Waals surface area contributed by atoms with Gasteiger partial charge in [-0.25, -0.2) is 4.98 Å². The number of hydrogen-bond acceptors (Lipinski definition) is 5. The standard InChI is InChI=1S/C8H6BrN3O2/c1-14-7-5(9)2-4-3-10-8(13)12-6(4)11-7/h2-3H,1H3,(H,10,11,12,13). The van der Waals surface area contributed by atoms with Crippen LogP contribution in [0.2, 0.25) is 0 Å². The predicted molar refractivity (Wildman–Crippen MR) is 53.2 cm³/mol. The molecule has 1 N–H and O–H groups in total. The van der Waals surface area contributed by atoms with E-state index in [9.17, 15) is 0 Å². The maximum absolute atomic E-state index is 9.05. The van der Waals surface area contributed by atoms with Crippen LogP contribution in [0.1, 0.15) is 0 Å². The second-order valence-corrected chi connectivity index (χ2v) is 3.42. The summed E-state index contributed by atoms with van der Waals surface area (Å²) in [6, 6.07) is 1.48. The number of fused-ring (bicyclic) bond motifs is 1. The van der Waals surface area contributed by atoms with Crippen molar-refractivity contribution in [2.75, 3.05) is 7.11 Å². The molecule has 14 heavy (non-hydrogen) atoms. The third-order valence-corrected chi connectivity index (χ3v) is 2.24. The highest BCUT2D eigenvalue weighted by molar-refractivity contribution is 9.10. The lowest BCUT2D eigenvalue weighted by Crippen LogP contribution is -1.92. The molecule has 0 aliphatic heterocycles. The van der Waals surface area contributed by atoms with Gasteiger partial charge in [0.25, 0.3) is 0 Å². The van der Waals surface area contributed by atoms with Crippen LogP contribution in [0, 0.1) is 0 Å². The first-order valence-corrected chi connectivity index (χ1v) is 4.56. The number of rotatable bonds is 1. The molecular weight excluding hydrogens is 250 g/mol. The minimum Gasteiger partial charge on any atom is -0.480 e. The molecule has 2 heterocycles. The van der Waals surface area contributed by atoms with Gasteiger partial charge < -0.3 is 9.84 Å². The van der Waals surface area contributed by atoms with Crippen molar-refractivity contribution >= 4 is 27.0 Å². The molecule has 0 aliphatic rings. The zero-order chi connectivity index (χ0) is 10.1. The molecule has 0 bridgehead atoms. The van der Waals surface area contributed by atoms with Crippen molar-refractivity contribution in [3.8, 4) is 11.9 Å². The van der Waals surface area contributed by atoms with Crippen LogP contribution >= 0.6 is 15.9 Å². The van der Waals surface area contributed by atoms with E-state index in [1.807, 2.05) is 0 Å².